The fraction of sp³-hybridized carbons (Fsp3) is 0.786. The third kappa shape index (κ3) is 3.38. The zero-order valence-electron chi connectivity index (χ0n) is 12.2. The van der Waals surface area contributed by atoms with Crippen LogP contribution in [0.15, 0.2) is 0 Å². The molecule has 1 aliphatic carbocycles. The van der Waals surface area contributed by atoms with Gasteiger partial charge in [-0.25, -0.2) is 4.79 Å². The molecule has 8 heteroatoms. The molecule has 7 nitrogen and oxygen atoms in total. The Kier molecular flexibility index (Phi) is 4.58. The number of nitrogens with zero attached hydrogens (tertiary/aromatic N) is 1. The summed E-state index contributed by atoms with van der Waals surface area (Å²) in [6, 6.07) is -0.469. The fourth-order valence-electron chi connectivity index (χ4n) is 2.75. The van der Waals surface area contributed by atoms with Crippen molar-refractivity contribution in [1.82, 2.24) is 10.2 Å². The summed E-state index contributed by atoms with van der Waals surface area (Å²) in [5.41, 5.74) is 0. The van der Waals surface area contributed by atoms with Crippen LogP contribution in [0.5, 0.6) is 0 Å². The SMILES string of the molecule is O=C(NCC1CC1)C1CSCN1C(=O)[C@@H]1CC[C@H](C(=O)O)O1. The molecule has 3 rings (SSSR count). The van der Waals surface area contributed by atoms with Crippen molar-refractivity contribution in [2.24, 2.45) is 5.92 Å². The van der Waals surface area contributed by atoms with E-state index < -0.39 is 24.2 Å². The van der Waals surface area contributed by atoms with E-state index in [9.17, 15) is 14.4 Å². The van der Waals surface area contributed by atoms with E-state index in [4.69, 9.17) is 9.84 Å². The van der Waals surface area contributed by atoms with Crippen molar-refractivity contribution >= 4 is 29.5 Å². The summed E-state index contributed by atoms with van der Waals surface area (Å²) in [4.78, 5) is 37.2. The molecule has 0 radical (unpaired) electrons. The Balaban J connectivity index is 1.56. The largest absolute Gasteiger partial charge is 0.479 e. The molecule has 22 heavy (non-hydrogen) atoms. The molecule has 0 aromatic rings. The third-order valence-electron chi connectivity index (χ3n) is 4.30. The summed E-state index contributed by atoms with van der Waals surface area (Å²) in [6.45, 7) is 0.684. The second-order valence-electron chi connectivity index (χ2n) is 6.04. The molecule has 0 aromatic carbocycles. The van der Waals surface area contributed by atoms with Gasteiger partial charge in [0.15, 0.2) is 6.10 Å². The van der Waals surface area contributed by atoms with Crippen LogP contribution < -0.4 is 5.32 Å². The molecule has 2 saturated heterocycles. The quantitative estimate of drug-likeness (QED) is 0.740. The molecule has 2 aliphatic heterocycles. The number of carboxylic acids is 1. The molecule has 3 fully saturated rings. The molecule has 2 amide bonds. The number of rotatable bonds is 5. The van der Waals surface area contributed by atoms with Gasteiger partial charge in [0.25, 0.3) is 5.91 Å². The van der Waals surface area contributed by atoms with Gasteiger partial charge in [-0.15, -0.1) is 11.8 Å². The number of hydrogen-bond acceptors (Lipinski definition) is 5. The molecule has 3 atom stereocenters. The Morgan fingerprint density at radius 1 is 1.18 bits per heavy atom. The summed E-state index contributed by atoms with van der Waals surface area (Å²) in [5.74, 6) is 0.217. The summed E-state index contributed by atoms with van der Waals surface area (Å²) in [6.07, 6.45) is 1.41. The van der Waals surface area contributed by atoms with Crippen LogP contribution in [-0.4, -0.2) is 64.2 Å². The molecule has 1 unspecified atom stereocenters. The first-order valence-corrected chi connectivity index (χ1v) is 8.76. The van der Waals surface area contributed by atoms with E-state index >= 15 is 0 Å². The zero-order valence-corrected chi connectivity index (χ0v) is 13.0. The van der Waals surface area contributed by atoms with Crippen molar-refractivity contribution in [2.45, 2.75) is 43.9 Å². The van der Waals surface area contributed by atoms with Gasteiger partial charge in [0.1, 0.15) is 12.1 Å². The normalized spacial score (nSPS) is 31.3. The number of amides is 2. The van der Waals surface area contributed by atoms with E-state index in [0.29, 0.717) is 36.9 Å². The standard InChI is InChI=1S/C14H20N2O5S/c17-12(15-5-8-1-2-8)9-6-22-7-16(9)13(18)10-3-4-11(21-10)14(19)20/h8-11H,1-7H2,(H,15,17)(H,19,20)/t9?,10-,11+/m0/s1. The molecule has 122 valence electrons. The van der Waals surface area contributed by atoms with Crippen LogP contribution >= 0.6 is 11.8 Å². The maximum atomic E-state index is 12.5. The van der Waals surface area contributed by atoms with Crippen molar-refractivity contribution in [3.05, 3.63) is 0 Å². The predicted molar refractivity (Wildman–Crippen MR) is 79.2 cm³/mol. The van der Waals surface area contributed by atoms with E-state index in [2.05, 4.69) is 5.32 Å². The smallest absolute Gasteiger partial charge is 0.332 e. The van der Waals surface area contributed by atoms with E-state index in [0.717, 1.165) is 12.8 Å². The number of hydrogen-bond donors (Lipinski definition) is 2. The minimum Gasteiger partial charge on any atom is -0.479 e. The van der Waals surface area contributed by atoms with Crippen LogP contribution in [-0.2, 0) is 19.1 Å². The molecule has 0 spiro atoms. The number of nitrogens with one attached hydrogen (secondary N) is 1. The van der Waals surface area contributed by atoms with E-state index in [1.165, 1.54) is 16.7 Å². The Morgan fingerprint density at radius 3 is 2.55 bits per heavy atom. The van der Waals surface area contributed by atoms with E-state index in [1.54, 1.807) is 0 Å². The molecular weight excluding hydrogens is 308 g/mol. The number of carbonyl (C=O) groups excluding carboxylic acids is 2. The molecule has 2 N–H and O–H groups in total. The van der Waals surface area contributed by atoms with Crippen LogP contribution in [0.4, 0.5) is 0 Å². The maximum Gasteiger partial charge on any atom is 0.332 e. The van der Waals surface area contributed by atoms with E-state index in [1.807, 2.05) is 0 Å². The fourth-order valence-corrected chi connectivity index (χ4v) is 3.91. The van der Waals surface area contributed by atoms with Gasteiger partial charge in [0.05, 0.1) is 5.88 Å². The van der Waals surface area contributed by atoms with Crippen molar-refractivity contribution in [1.29, 1.82) is 0 Å². The minimum atomic E-state index is -1.04. The molecule has 2 heterocycles. The van der Waals surface area contributed by atoms with Gasteiger partial charge in [0.2, 0.25) is 5.91 Å². The van der Waals surface area contributed by atoms with Crippen LogP contribution in [0.25, 0.3) is 0 Å². The van der Waals surface area contributed by atoms with Crippen LogP contribution in [0.1, 0.15) is 25.7 Å². The highest BCUT2D eigenvalue weighted by Gasteiger charge is 2.42. The minimum absolute atomic E-state index is 0.113. The van der Waals surface area contributed by atoms with Crippen molar-refractivity contribution in [2.75, 3.05) is 18.2 Å². The van der Waals surface area contributed by atoms with Crippen molar-refractivity contribution in [3.8, 4) is 0 Å². The van der Waals surface area contributed by atoms with Gasteiger partial charge >= 0.3 is 5.97 Å². The topological polar surface area (TPSA) is 95.9 Å². The average molecular weight is 328 g/mol. The Morgan fingerprint density at radius 2 is 1.91 bits per heavy atom. The van der Waals surface area contributed by atoms with Gasteiger partial charge in [-0.05, 0) is 31.6 Å². The summed E-state index contributed by atoms with van der Waals surface area (Å²) in [5, 5.41) is 11.8. The molecular formula is C14H20N2O5S. The number of carboxylic acid groups (broad SMARTS) is 1. The monoisotopic (exact) mass is 328 g/mol. The van der Waals surface area contributed by atoms with Crippen LogP contribution in [0, 0.1) is 5.92 Å². The Labute approximate surface area is 132 Å². The van der Waals surface area contributed by atoms with Gasteiger partial charge < -0.3 is 20.1 Å². The average Bonchev–Trinajstić information content (AvgIpc) is 3.02. The molecule has 3 aliphatic rings. The number of thioether (sulfide) groups is 1. The van der Waals surface area contributed by atoms with Crippen molar-refractivity contribution in [3.63, 3.8) is 0 Å². The van der Waals surface area contributed by atoms with Crippen LogP contribution in [0.2, 0.25) is 0 Å². The molecule has 1 saturated carbocycles. The first-order valence-electron chi connectivity index (χ1n) is 7.60. The third-order valence-corrected chi connectivity index (χ3v) is 5.31. The second kappa shape index (κ2) is 6.45. The highest BCUT2D eigenvalue weighted by molar-refractivity contribution is 7.99. The lowest BCUT2D eigenvalue weighted by molar-refractivity contribution is -0.156. The van der Waals surface area contributed by atoms with Gasteiger partial charge in [0, 0.05) is 12.3 Å². The molecule has 0 bridgehead atoms. The lowest BCUT2D eigenvalue weighted by atomic mass is 10.1. The van der Waals surface area contributed by atoms with Crippen molar-refractivity contribution < 1.29 is 24.2 Å². The van der Waals surface area contributed by atoms with Gasteiger partial charge in [-0.2, -0.15) is 0 Å². The van der Waals surface area contributed by atoms with Crippen LogP contribution in [0.3, 0.4) is 0 Å². The summed E-state index contributed by atoms with van der Waals surface area (Å²) >= 11 is 1.54. The first kappa shape index (κ1) is 15.6. The zero-order chi connectivity index (χ0) is 15.7. The lowest BCUT2D eigenvalue weighted by Gasteiger charge is -2.25. The summed E-state index contributed by atoms with van der Waals surface area (Å²) < 4.78 is 5.30. The summed E-state index contributed by atoms with van der Waals surface area (Å²) in [7, 11) is 0. The lowest BCUT2D eigenvalue weighted by Crippen LogP contribution is -2.50. The first-order chi connectivity index (χ1) is 10.6. The van der Waals surface area contributed by atoms with Gasteiger partial charge in [-0.1, -0.05) is 0 Å². The Bertz CT molecular complexity index is 482. The Hall–Kier alpha value is -1.28. The van der Waals surface area contributed by atoms with Gasteiger partial charge in [-0.3, -0.25) is 9.59 Å². The predicted octanol–water partition coefficient (Wildman–Crippen LogP) is 0.0463. The highest BCUT2D eigenvalue weighted by atomic mass is 32.2. The molecule has 0 aromatic heterocycles. The maximum absolute atomic E-state index is 12.5. The number of carbonyl (C=O) groups is 3. The van der Waals surface area contributed by atoms with E-state index in [-0.39, 0.29) is 11.8 Å². The highest BCUT2D eigenvalue weighted by Crippen LogP contribution is 2.29. The number of aliphatic carboxylic acids is 1. The second-order valence-corrected chi connectivity index (χ2v) is 7.04. The number of ether oxygens (including phenoxy) is 1.